The zero-order valence-corrected chi connectivity index (χ0v) is 12.4. The molecule has 0 aliphatic carbocycles. The lowest BCUT2D eigenvalue weighted by Gasteiger charge is -2.05. The topological polar surface area (TPSA) is 80.3 Å². The molecule has 0 atom stereocenters. The normalized spacial score (nSPS) is 12.8. The number of sulfonamides is 1. The molecule has 0 aliphatic heterocycles. The van der Waals surface area contributed by atoms with Gasteiger partial charge in [0.15, 0.2) is 0 Å². The SMILES string of the molecule is CS(=O)(=O)CCS(=O)(=O)NCCCCCCCl. The maximum Gasteiger partial charge on any atom is 0.212 e. The van der Waals surface area contributed by atoms with Crippen LogP contribution in [-0.2, 0) is 19.9 Å². The molecule has 0 rings (SSSR count). The van der Waals surface area contributed by atoms with Gasteiger partial charge >= 0.3 is 0 Å². The van der Waals surface area contributed by atoms with Crippen LogP contribution in [0.1, 0.15) is 25.7 Å². The number of alkyl halides is 1. The third-order valence-electron chi connectivity index (χ3n) is 2.11. The van der Waals surface area contributed by atoms with Gasteiger partial charge in [0.25, 0.3) is 0 Å². The second kappa shape index (κ2) is 8.29. The van der Waals surface area contributed by atoms with Gasteiger partial charge in [0.2, 0.25) is 10.0 Å². The molecule has 0 aromatic rings. The van der Waals surface area contributed by atoms with Crippen molar-refractivity contribution in [3.63, 3.8) is 0 Å². The Morgan fingerprint density at radius 3 is 2.06 bits per heavy atom. The summed E-state index contributed by atoms with van der Waals surface area (Å²) in [5, 5.41) is 0. The predicted octanol–water partition coefficient (Wildman–Crippen LogP) is 0.750. The minimum Gasteiger partial charge on any atom is -0.229 e. The first kappa shape index (κ1) is 17.2. The fraction of sp³-hybridized carbons (Fsp3) is 1.00. The lowest BCUT2D eigenvalue weighted by Crippen LogP contribution is -2.30. The average molecular weight is 306 g/mol. The summed E-state index contributed by atoms with van der Waals surface area (Å²) in [6, 6.07) is 0. The van der Waals surface area contributed by atoms with Crippen molar-refractivity contribution in [1.82, 2.24) is 4.72 Å². The Morgan fingerprint density at radius 1 is 0.941 bits per heavy atom. The molecule has 0 fully saturated rings. The van der Waals surface area contributed by atoms with Gasteiger partial charge < -0.3 is 0 Å². The van der Waals surface area contributed by atoms with Gasteiger partial charge in [0, 0.05) is 18.7 Å². The lowest BCUT2D eigenvalue weighted by molar-refractivity contribution is 0.572. The molecule has 0 amide bonds. The van der Waals surface area contributed by atoms with Crippen molar-refractivity contribution in [3.8, 4) is 0 Å². The second-order valence-corrected chi connectivity index (χ2v) is 8.51. The lowest BCUT2D eigenvalue weighted by atomic mass is 10.2. The largest absolute Gasteiger partial charge is 0.229 e. The zero-order valence-electron chi connectivity index (χ0n) is 9.98. The number of nitrogens with one attached hydrogen (secondary N) is 1. The monoisotopic (exact) mass is 305 g/mol. The molecule has 0 aromatic heterocycles. The van der Waals surface area contributed by atoms with Crippen molar-refractivity contribution in [3.05, 3.63) is 0 Å². The highest BCUT2D eigenvalue weighted by molar-refractivity contribution is 7.93. The van der Waals surface area contributed by atoms with Gasteiger partial charge in [-0.05, 0) is 12.8 Å². The van der Waals surface area contributed by atoms with E-state index in [1.165, 1.54) is 0 Å². The molecule has 1 N–H and O–H groups in total. The second-order valence-electron chi connectivity index (χ2n) is 3.95. The summed E-state index contributed by atoms with van der Waals surface area (Å²) < 4.78 is 46.8. The Hall–Kier alpha value is 0.150. The smallest absolute Gasteiger partial charge is 0.212 e. The molecule has 17 heavy (non-hydrogen) atoms. The minimum atomic E-state index is -3.46. The zero-order chi connectivity index (χ0) is 13.4. The highest BCUT2D eigenvalue weighted by atomic mass is 35.5. The van der Waals surface area contributed by atoms with E-state index < -0.39 is 19.9 Å². The molecular weight excluding hydrogens is 286 g/mol. The number of rotatable bonds is 10. The standard InChI is InChI=1S/C9H20ClNO4S2/c1-16(12,13)8-9-17(14,15)11-7-5-3-2-4-6-10/h11H,2-9H2,1H3. The summed E-state index contributed by atoms with van der Waals surface area (Å²) in [7, 11) is -6.70. The molecule has 0 bridgehead atoms. The molecule has 0 heterocycles. The van der Waals surface area contributed by atoms with E-state index in [9.17, 15) is 16.8 Å². The first-order chi connectivity index (χ1) is 7.77. The van der Waals surface area contributed by atoms with Crippen molar-refractivity contribution < 1.29 is 16.8 Å². The molecule has 5 nitrogen and oxygen atoms in total. The summed E-state index contributed by atoms with van der Waals surface area (Å²) in [5.74, 6) is -0.0812. The van der Waals surface area contributed by atoms with Gasteiger partial charge in [0.05, 0.1) is 11.5 Å². The maximum atomic E-state index is 11.4. The quantitative estimate of drug-likeness (QED) is 0.477. The van der Waals surface area contributed by atoms with Crippen LogP contribution in [0.15, 0.2) is 0 Å². The van der Waals surface area contributed by atoms with Crippen LogP contribution in [0, 0.1) is 0 Å². The van der Waals surface area contributed by atoms with Crippen LogP contribution in [-0.4, -0.2) is 47.0 Å². The van der Waals surface area contributed by atoms with E-state index in [4.69, 9.17) is 11.6 Å². The first-order valence-electron chi connectivity index (χ1n) is 5.48. The van der Waals surface area contributed by atoms with Crippen LogP contribution in [0.3, 0.4) is 0 Å². The molecular formula is C9H20ClNO4S2. The van der Waals surface area contributed by atoms with Gasteiger partial charge in [-0.15, -0.1) is 11.6 Å². The van der Waals surface area contributed by atoms with Crippen molar-refractivity contribution in [2.75, 3.05) is 30.2 Å². The Balaban J connectivity index is 3.72. The van der Waals surface area contributed by atoms with Crippen LogP contribution < -0.4 is 4.72 Å². The Bertz CT molecular complexity index is 391. The van der Waals surface area contributed by atoms with Crippen LogP contribution in [0.5, 0.6) is 0 Å². The Labute approximate surface area is 109 Å². The summed E-state index contributed by atoms with van der Waals surface area (Å²) in [4.78, 5) is 0. The van der Waals surface area contributed by atoms with Crippen LogP contribution in [0.4, 0.5) is 0 Å². The van der Waals surface area contributed by atoms with Crippen LogP contribution in [0.2, 0.25) is 0 Å². The molecule has 0 spiro atoms. The van der Waals surface area contributed by atoms with E-state index >= 15 is 0 Å². The number of sulfone groups is 1. The molecule has 0 unspecified atom stereocenters. The van der Waals surface area contributed by atoms with Crippen LogP contribution >= 0.6 is 11.6 Å². The van der Waals surface area contributed by atoms with Crippen LogP contribution in [0.25, 0.3) is 0 Å². The van der Waals surface area contributed by atoms with Crippen molar-refractivity contribution in [2.45, 2.75) is 25.7 Å². The number of hydrogen-bond acceptors (Lipinski definition) is 4. The van der Waals surface area contributed by atoms with E-state index in [1.807, 2.05) is 0 Å². The van der Waals surface area contributed by atoms with Gasteiger partial charge in [-0.25, -0.2) is 21.6 Å². The van der Waals surface area contributed by atoms with Crippen molar-refractivity contribution in [2.24, 2.45) is 0 Å². The Kier molecular flexibility index (Phi) is 8.36. The fourth-order valence-electron chi connectivity index (χ4n) is 1.13. The predicted molar refractivity (Wildman–Crippen MR) is 70.7 cm³/mol. The molecule has 0 aromatic carbocycles. The molecule has 0 saturated carbocycles. The highest BCUT2D eigenvalue weighted by Crippen LogP contribution is 2.00. The Morgan fingerprint density at radius 2 is 1.53 bits per heavy atom. The first-order valence-corrected chi connectivity index (χ1v) is 9.72. The highest BCUT2D eigenvalue weighted by Gasteiger charge is 2.13. The van der Waals surface area contributed by atoms with Gasteiger partial charge in [0.1, 0.15) is 9.84 Å². The van der Waals surface area contributed by atoms with Crippen molar-refractivity contribution in [1.29, 1.82) is 0 Å². The third kappa shape index (κ3) is 12.4. The summed E-state index contributed by atoms with van der Waals surface area (Å²) in [5.41, 5.74) is 0. The molecule has 8 heteroatoms. The number of halogens is 1. The van der Waals surface area contributed by atoms with E-state index in [2.05, 4.69) is 4.72 Å². The average Bonchev–Trinajstić information content (AvgIpc) is 2.20. The molecule has 0 aliphatic rings. The van der Waals surface area contributed by atoms with Crippen molar-refractivity contribution >= 4 is 31.5 Å². The third-order valence-corrected chi connectivity index (χ3v) is 4.96. The number of unbranched alkanes of at least 4 members (excludes halogenated alkanes) is 3. The van der Waals surface area contributed by atoms with E-state index in [0.717, 1.165) is 31.9 Å². The van der Waals surface area contributed by atoms with Gasteiger partial charge in [-0.2, -0.15) is 0 Å². The molecule has 0 saturated heterocycles. The summed E-state index contributed by atoms with van der Waals surface area (Å²) >= 11 is 5.50. The van der Waals surface area contributed by atoms with E-state index in [0.29, 0.717) is 12.4 Å². The summed E-state index contributed by atoms with van der Waals surface area (Å²) in [6.07, 6.45) is 4.60. The maximum absolute atomic E-state index is 11.4. The minimum absolute atomic E-state index is 0.339. The van der Waals surface area contributed by atoms with E-state index in [1.54, 1.807) is 0 Å². The number of hydrogen-bond donors (Lipinski definition) is 1. The van der Waals surface area contributed by atoms with Gasteiger partial charge in [-0.3, -0.25) is 0 Å². The van der Waals surface area contributed by atoms with E-state index in [-0.39, 0.29) is 11.5 Å². The van der Waals surface area contributed by atoms with Gasteiger partial charge in [-0.1, -0.05) is 12.8 Å². The molecule has 104 valence electrons. The molecule has 0 radical (unpaired) electrons. The fourth-order valence-corrected chi connectivity index (χ4v) is 4.01. The summed E-state index contributed by atoms with van der Waals surface area (Å²) in [6.45, 7) is 0.356.